The number of carbonyl (C=O) groups excluding carboxylic acids is 2. The summed E-state index contributed by atoms with van der Waals surface area (Å²) >= 11 is 5.88. The number of Topliss-reactive ketones (excluding diaryl/α,β-unsaturated/α-hetero) is 2. The smallest absolute Gasteiger partial charge is 0.170 e. The molecule has 1 atom stereocenters. The van der Waals surface area contributed by atoms with Gasteiger partial charge in [0.15, 0.2) is 5.78 Å². The molecule has 0 radical (unpaired) electrons. The van der Waals surface area contributed by atoms with Crippen LogP contribution in [0.5, 0.6) is 5.75 Å². The highest BCUT2D eigenvalue weighted by molar-refractivity contribution is 6.31. The van der Waals surface area contributed by atoms with Crippen molar-refractivity contribution in [2.75, 3.05) is 7.11 Å². The Morgan fingerprint density at radius 1 is 1.47 bits per heavy atom. The van der Waals surface area contributed by atoms with Crippen LogP contribution in [0.15, 0.2) is 18.2 Å². The number of hydrogen-bond donors (Lipinski definition) is 0. The molecule has 1 aromatic carbocycles. The molecule has 1 saturated carbocycles. The van der Waals surface area contributed by atoms with E-state index in [1.165, 1.54) is 7.11 Å². The van der Waals surface area contributed by atoms with E-state index in [0.717, 1.165) is 0 Å². The number of methoxy groups -OCH3 is 1. The second-order valence-electron chi connectivity index (χ2n) is 4.19. The quantitative estimate of drug-likeness (QED) is 0.777. The van der Waals surface area contributed by atoms with Gasteiger partial charge in [0, 0.05) is 23.8 Å². The highest BCUT2D eigenvalue weighted by atomic mass is 35.5. The van der Waals surface area contributed by atoms with Crippen molar-refractivity contribution in [2.45, 2.75) is 19.3 Å². The predicted octanol–water partition coefficient (Wildman–Crippen LogP) is 2.90. The van der Waals surface area contributed by atoms with Gasteiger partial charge in [-0.05, 0) is 24.6 Å². The van der Waals surface area contributed by atoms with Crippen LogP contribution in [0.3, 0.4) is 0 Å². The first-order valence-corrected chi connectivity index (χ1v) is 5.89. The van der Waals surface area contributed by atoms with Crippen LogP contribution in [0.1, 0.15) is 29.6 Å². The molecule has 0 amide bonds. The van der Waals surface area contributed by atoms with Crippen molar-refractivity contribution in [1.82, 2.24) is 0 Å². The first-order chi connectivity index (χ1) is 8.11. The average Bonchev–Trinajstić information content (AvgIpc) is 2.75. The zero-order valence-electron chi connectivity index (χ0n) is 9.53. The molecule has 17 heavy (non-hydrogen) atoms. The maximum absolute atomic E-state index is 12.2. The molecule has 0 saturated heterocycles. The molecular formula is C13H13ClO3. The minimum Gasteiger partial charge on any atom is -0.496 e. The molecule has 0 aromatic heterocycles. The summed E-state index contributed by atoms with van der Waals surface area (Å²) < 4.78 is 5.14. The van der Waals surface area contributed by atoms with E-state index in [2.05, 4.69) is 0 Å². The summed E-state index contributed by atoms with van der Waals surface area (Å²) in [6, 6.07) is 4.95. The molecule has 2 rings (SSSR count). The van der Waals surface area contributed by atoms with Crippen molar-refractivity contribution < 1.29 is 14.3 Å². The normalized spacial score (nSPS) is 19.4. The summed E-state index contributed by atoms with van der Waals surface area (Å²) in [5.41, 5.74) is 0.472. The van der Waals surface area contributed by atoms with E-state index < -0.39 is 0 Å². The van der Waals surface area contributed by atoms with Crippen molar-refractivity contribution in [3.63, 3.8) is 0 Å². The molecule has 0 heterocycles. The van der Waals surface area contributed by atoms with E-state index in [-0.39, 0.29) is 17.5 Å². The van der Waals surface area contributed by atoms with Crippen LogP contribution in [0.25, 0.3) is 0 Å². The molecule has 0 bridgehead atoms. The zero-order valence-corrected chi connectivity index (χ0v) is 10.3. The van der Waals surface area contributed by atoms with Crippen LogP contribution in [0.2, 0.25) is 5.02 Å². The largest absolute Gasteiger partial charge is 0.496 e. The van der Waals surface area contributed by atoms with Gasteiger partial charge in [0.25, 0.3) is 0 Å². The van der Waals surface area contributed by atoms with Gasteiger partial charge in [0.1, 0.15) is 11.5 Å². The van der Waals surface area contributed by atoms with Gasteiger partial charge in [-0.1, -0.05) is 11.6 Å². The van der Waals surface area contributed by atoms with E-state index in [1.54, 1.807) is 18.2 Å². The molecule has 90 valence electrons. The van der Waals surface area contributed by atoms with E-state index in [4.69, 9.17) is 16.3 Å². The summed E-state index contributed by atoms with van der Waals surface area (Å²) in [6.07, 6.45) is 1.47. The van der Waals surface area contributed by atoms with Crippen molar-refractivity contribution in [2.24, 2.45) is 5.92 Å². The summed E-state index contributed by atoms with van der Waals surface area (Å²) in [6.45, 7) is 0. The molecule has 0 N–H and O–H groups in total. The van der Waals surface area contributed by atoms with Crippen LogP contribution < -0.4 is 4.74 Å². The molecule has 0 spiro atoms. The van der Waals surface area contributed by atoms with E-state index >= 15 is 0 Å². The van der Waals surface area contributed by atoms with Crippen molar-refractivity contribution >= 4 is 23.2 Å². The molecule has 0 aliphatic heterocycles. The summed E-state index contributed by atoms with van der Waals surface area (Å²) in [4.78, 5) is 23.4. The van der Waals surface area contributed by atoms with Gasteiger partial charge in [-0.2, -0.15) is 0 Å². The van der Waals surface area contributed by atoms with E-state index in [0.29, 0.717) is 35.6 Å². The van der Waals surface area contributed by atoms with Crippen LogP contribution in [0, 0.1) is 5.92 Å². The third kappa shape index (κ3) is 2.50. The van der Waals surface area contributed by atoms with Gasteiger partial charge in [-0.25, -0.2) is 0 Å². The van der Waals surface area contributed by atoms with Gasteiger partial charge >= 0.3 is 0 Å². The van der Waals surface area contributed by atoms with Crippen LogP contribution in [-0.4, -0.2) is 18.7 Å². The van der Waals surface area contributed by atoms with Gasteiger partial charge in [-0.3, -0.25) is 9.59 Å². The maximum Gasteiger partial charge on any atom is 0.170 e. The Kier molecular flexibility index (Phi) is 3.48. The third-order valence-corrected chi connectivity index (χ3v) is 3.28. The SMILES string of the molecule is COc1ccc(Cl)cc1C(=O)C1CCC(=O)C1. The van der Waals surface area contributed by atoms with Crippen molar-refractivity contribution in [3.8, 4) is 5.75 Å². The highest BCUT2D eigenvalue weighted by Gasteiger charge is 2.30. The Balaban J connectivity index is 2.29. The average molecular weight is 253 g/mol. The standard InChI is InChI=1S/C13H13ClO3/c1-17-12-5-3-9(14)7-11(12)13(16)8-2-4-10(15)6-8/h3,5,7-8H,2,4,6H2,1H3. The fourth-order valence-electron chi connectivity index (χ4n) is 2.13. The minimum absolute atomic E-state index is 0.0461. The summed E-state index contributed by atoms with van der Waals surface area (Å²) in [5, 5.41) is 0.499. The van der Waals surface area contributed by atoms with Crippen LogP contribution in [0.4, 0.5) is 0 Å². The van der Waals surface area contributed by atoms with Crippen molar-refractivity contribution in [3.05, 3.63) is 28.8 Å². The van der Waals surface area contributed by atoms with E-state index in [1.807, 2.05) is 0 Å². The Morgan fingerprint density at radius 3 is 2.82 bits per heavy atom. The molecule has 1 unspecified atom stereocenters. The number of benzene rings is 1. The summed E-state index contributed by atoms with van der Waals surface area (Å²) in [7, 11) is 1.51. The van der Waals surface area contributed by atoms with Gasteiger partial charge in [-0.15, -0.1) is 0 Å². The molecule has 1 aromatic rings. The fourth-order valence-corrected chi connectivity index (χ4v) is 2.30. The van der Waals surface area contributed by atoms with Crippen molar-refractivity contribution in [1.29, 1.82) is 0 Å². The Labute approximate surface area is 105 Å². The number of ether oxygens (including phenoxy) is 1. The number of rotatable bonds is 3. The summed E-state index contributed by atoms with van der Waals surface area (Å²) in [5.74, 6) is 0.410. The Bertz CT molecular complexity index is 468. The van der Waals surface area contributed by atoms with E-state index in [9.17, 15) is 9.59 Å². The predicted molar refractivity (Wildman–Crippen MR) is 64.7 cm³/mol. The van der Waals surface area contributed by atoms with Crippen LogP contribution in [-0.2, 0) is 4.79 Å². The second-order valence-corrected chi connectivity index (χ2v) is 4.62. The molecule has 1 fully saturated rings. The zero-order chi connectivity index (χ0) is 12.4. The Morgan fingerprint density at radius 2 is 2.24 bits per heavy atom. The number of halogens is 1. The first-order valence-electron chi connectivity index (χ1n) is 5.51. The second kappa shape index (κ2) is 4.88. The molecule has 1 aliphatic rings. The molecule has 3 nitrogen and oxygen atoms in total. The maximum atomic E-state index is 12.2. The monoisotopic (exact) mass is 252 g/mol. The molecule has 1 aliphatic carbocycles. The lowest BCUT2D eigenvalue weighted by atomic mass is 9.95. The topological polar surface area (TPSA) is 43.4 Å². The van der Waals surface area contributed by atoms with Gasteiger partial charge < -0.3 is 4.74 Å². The lowest BCUT2D eigenvalue weighted by Gasteiger charge is -2.11. The Hall–Kier alpha value is -1.35. The number of hydrogen-bond acceptors (Lipinski definition) is 3. The number of carbonyl (C=O) groups is 2. The third-order valence-electron chi connectivity index (χ3n) is 3.04. The van der Waals surface area contributed by atoms with Crippen LogP contribution >= 0.6 is 11.6 Å². The number of ketones is 2. The van der Waals surface area contributed by atoms with Gasteiger partial charge in [0.2, 0.25) is 0 Å². The lowest BCUT2D eigenvalue weighted by Crippen LogP contribution is -2.13. The molecular weight excluding hydrogens is 240 g/mol. The lowest BCUT2D eigenvalue weighted by molar-refractivity contribution is -0.117. The highest BCUT2D eigenvalue weighted by Crippen LogP contribution is 2.31. The van der Waals surface area contributed by atoms with Gasteiger partial charge in [0.05, 0.1) is 12.7 Å². The fraction of sp³-hybridized carbons (Fsp3) is 0.385. The molecule has 4 heteroatoms. The first kappa shape index (κ1) is 12.1. The minimum atomic E-state index is -0.213.